The highest BCUT2D eigenvalue weighted by Crippen LogP contribution is 2.23. The Morgan fingerprint density at radius 2 is 1.64 bits per heavy atom. The number of carbonyl (C=O) groups excluding carboxylic acids is 2. The van der Waals surface area contributed by atoms with E-state index in [0.29, 0.717) is 17.9 Å². The first kappa shape index (κ1) is 20.5. The molecule has 1 aliphatic rings. The lowest BCUT2D eigenvalue weighted by Crippen LogP contribution is -2.29. The number of unbranched alkanes of at least 4 members (excludes halogenated alkanes) is 1. The summed E-state index contributed by atoms with van der Waals surface area (Å²) in [5.74, 6) is 0.497. The van der Waals surface area contributed by atoms with E-state index in [1.807, 2.05) is 35.2 Å². The highest BCUT2D eigenvalue weighted by Gasteiger charge is 2.19. The molecule has 4 nitrogen and oxygen atoms in total. The summed E-state index contributed by atoms with van der Waals surface area (Å²) in [6.45, 7) is 2.40. The van der Waals surface area contributed by atoms with Crippen molar-refractivity contribution in [2.75, 3.05) is 25.4 Å². The summed E-state index contributed by atoms with van der Waals surface area (Å²) < 4.78 is 0. The van der Waals surface area contributed by atoms with Gasteiger partial charge in [0.15, 0.2) is 0 Å². The van der Waals surface area contributed by atoms with Gasteiger partial charge in [0.25, 0.3) is 5.91 Å². The number of amides is 2. The smallest absolute Gasteiger partial charge is 0.252 e. The first-order valence-corrected chi connectivity index (χ1v) is 11.0. The number of carbonyl (C=O) groups is 2. The molecule has 0 bridgehead atoms. The molecule has 2 aromatic carbocycles. The zero-order valence-electron chi connectivity index (χ0n) is 16.2. The van der Waals surface area contributed by atoms with Gasteiger partial charge in [-0.3, -0.25) is 9.59 Å². The first-order valence-electron chi connectivity index (χ1n) is 10.1. The molecular weight excluding hydrogens is 368 g/mol. The largest absolute Gasteiger partial charge is 0.352 e. The number of nitrogens with zero attached hydrogens (tertiary/aromatic N) is 1. The third-order valence-electron chi connectivity index (χ3n) is 4.96. The van der Waals surface area contributed by atoms with Crippen molar-refractivity contribution in [2.24, 2.45) is 0 Å². The van der Waals surface area contributed by atoms with Crippen molar-refractivity contribution >= 4 is 23.6 Å². The maximum Gasteiger partial charge on any atom is 0.252 e. The van der Waals surface area contributed by atoms with Crippen LogP contribution in [0.5, 0.6) is 0 Å². The molecule has 2 amide bonds. The van der Waals surface area contributed by atoms with E-state index in [9.17, 15) is 9.59 Å². The second-order valence-electron chi connectivity index (χ2n) is 7.07. The molecule has 0 saturated carbocycles. The lowest BCUT2D eigenvalue weighted by Gasteiger charge is -2.15. The Morgan fingerprint density at radius 3 is 2.43 bits per heavy atom. The predicted octanol–water partition coefficient (Wildman–Crippen LogP) is 4.15. The minimum atomic E-state index is -0.0589. The van der Waals surface area contributed by atoms with Crippen LogP contribution in [0.2, 0.25) is 0 Å². The molecule has 5 heteroatoms. The Balaban J connectivity index is 1.43. The van der Waals surface area contributed by atoms with Crippen LogP contribution in [0, 0.1) is 0 Å². The van der Waals surface area contributed by atoms with Gasteiger partial charge in [-0.2, -0.15) is 0 Å². The molecule has 1 N–H and O–H groups in total. The molecule has 148 valence electrons. The second-order valence-corrected chi connectivity index (χ2v) is 8.09. The van der Waals surface area contributed by atoms with Crippen molar-refractivity contribution in [1.29, 1.82) is 0 Å². The lowest BCUT2D eigenvalue weighted by atomic mass is 10.1. The van der Waals surface area contributed by atoms with Crippen LogP contribution in [-0.2, 0) is 11.2 Å². The number of thioether (sulfide) groups is 1. The first-order chi connectivity index (χ1) is 13.7. The van der Waals surface area contributed by atoms with Crippen LogP contribution in [0.4, 0.5) is 0 Å². The molecule has 1 fully saturated rings. The van der Waals surface area contributed by atoms with Gasteiger partial charge < -0.3 is 10.2 Å². The van der Waals surface area contributed by atoms with Gasteiger partial charge in [0, 0.05) is 24.5 Å². The Morgan fingerprint density at radius 1 is 0.929 bits per heavy atom. The van der Waals surface area contributed by atoms with Crippen LogP contribution < -0.4 is 5.32 Å². The van der Waals surface area contributed by atoms with Crippen molar-refractivity contribution in [3.05, 3.63) is 65.7 Å². The maximum atomic E-state index is 12.6. The summed E-state index contributed by atoms with van der Waals surface area (Å²) in [7, 11) is 0. The molecule has 2 aromatic rings. The summed E-state index contributed by atoms with van der Waals surface area (Å²) in [6, 6.07) is 18.0. The quantitative estimate of drug-likeness (QED) is 0.512. The van der Waals surface area contributed by atoms with E-state index < -0.39 is 0 Å². The van der Waals surface area contributed by atoms with E-state index in [0.717, 1.165) is 50.1 Å². The van der Waals surface area contributed by atoms with Gasteiger partial charge in [-0.15, -0.1) is 11.8 Å². The highest BCUT2D eigenvalue weighted by atomic mass is 32.2. The Hall–Kier alpha value is -2.27. The fraction of sp³-hybridized carbons (Fsp3) is 0.391. The SMILES string of the molecule is O=C(NCCCCc1ccccc1)c1ccccc1SCC(=O)N1CCCC1. The molecule has 0 unspecified atom stereocenters. The number of aryl methyl sites for hydroxylation is 1. The standard InChI is InChI=1S/C23H28N2O2S/c26-22(25-16-8-9-17-25)18-28-21-14-5-4-13-20(21)23(27)24-15-7-6-12-19-10-2-1-3-11-19/h1-5,10-11,13-14H,6-9,12,15-18H2,(H,24,27). The molecule has 28 heavy (non-hydrogen) atoms. The molecular formula is C23H28N2O2S. The minimum absolute atomic E-state index is 0.0589. The third-order valence-corrected chi connectivity index (χ3v) is 6.02. The fourth-order valence-electron chi connectivity index (χ4n) is 3.37. The number of hydrogen-bond donors (Lipinski definition) is 1. The number of rotatable bonds is 9. The van der Waals surface area contributed by atoms with Gasteiger partial charge >= 0.3 is 0 Å². The average molecular weight is 397 g/mol. The molecule has 1 aliphatic heterocycles. The Kier molecular flexibility index (Phi) is 7.97. The van der Waals surface area contributed by atoms with Crippen LogP contribution in [0.25, 0.3) is 0 Å². The minimum Gasteiger partial charge on any atom is -0.352 e. The van der Waals surface area contributed by atoms with E-state index in [4.69, 9.17) is 0 Å². The third kappa shape index (κ3) is 6.13. The summed E-state index contributed by atoms with van der Waals surface area (Å²) in [4.78, 5) is 27.6. The molecule has 0 atom stereocenters. The molecule has 1 saturated heterocycles. The fourth-order valence-corrected chi connectivity index (χ4v) is 4.33. The lowest BCUT2D eigenvalue weighted by molar-refractivity contribution is -0.127. The summed E-state index contributed by atoms with van der Waals surface area (Å²) in [5.41, 5.74) is 1.99. The molecule has 0 radical (unpaired) electrons. The van der Waals surface area contributed by atoms with Crippen LogP contribution in [-0.4, -0.2) is 42.1 Å². The summed E-state index contributed by atoms with van der Waals surface area (Å²) in [6.07, 6.45) is 5.22. The second kappa shape index (κ2) is 10.9. The summed E-state index contributed by atoms with van der Waals surface area (Å²) >= 11 is 1.46. The number of hydrogen-bond acceptors (Lipinski definition) is 3. The zero-order chi connectivity index (χ0) is 19.6. The van der Waals surface area contributed by atoms with Crippen molar-refractivity contribution in [2.45, 2.75) is 37.0 Å². The van der Waals surface area contributed by atoms with Gasteiger partial charge in [-0.05, 0) is 49.8 Å². The number of nitrogens with one attached hydrogen (secondary N) is 1. The molecule has 3 rings (SSSR count). The van der Waals surface area contributed by atoms with Crippen molar-refractivity contribution in [1.82, 2.24) is 10.2 Å². The number of benzene rings is 2. The van der Waals surface area contributed by atoms with Gasteiger partial charge in [0.1, 0.15) is 0 Å². The van der Waals surface area contributed by atoms with Gasteiger partial charge in [0.2, 0.25) is 5.91 Å². The molecule has 1 heterocycles. The summed E-state index contributed by atoms with van der Waals surface area (Å²) in [5, 5.41) is 3.02. The Bertz CT molecular complexity index is 773. The zero-order valence-corrected chi connectivity index (χ0v) is 17.0. The monoisotopic (exact) mass is 396 g/mol. The average Bonchev–Trinajstić information content (AvgIpc) is 3.27. The van der Waals surface area contributed by atoms with Gasteiger partial charge in [-0.25, -0.2) is 0 Å². The van der Waals surface area contributed by atoms with E-state index in [1.54, 1.807) is 0 Å². The molecule has 0 aromatic heterocycles. The van der Waals surface area contributed by atoms with E-state index >= 15 is 0 Å². The van der Waals surface area contributed by atoms with Crippen LogP contribution in [0.1, 0.15) is 41.6 Å². The number of likely N-dealkylation sites (tertiary alicyclic amines) is 1. The van der Waals surface area contributed by atoms with Crippen molar-refractivity contribution in [3.8, 4) is 0 Å². The van der Waals surface area contributed by atoms with Gasteiger partial charge in [0.05, 0.1) is 11.3 Å². The van der Waals surface area contributed by atoms with Crippen molar-refractivity contribution < 1.29 is 9.59 Å². The maximum absolute atomic E-state index is 12.6. The molecule has 0 spiro atoms. The Labute approximate surface area is 171 Å². The van der Waals surface area contributed by atoms with E-state index in [1.165, 1.54) is 17.3 Å². The van der Waals surface area contributed by atoms with E-state index in [-0.39, 0.29) is 11.8 Å². The van der Waals surface area contributed by atoms with Crippen LogP contribution in [0.15, 0.2) is 59.5 Å². The van der Waals surface area contributed by atoms with Crippen molar-refractivity contribution in [3.63, 3.8) is 0 Å². The van der Waals surface area contributed by atoms with Crippen LogP contribution >= 0.6 is 11.8 Å². The van der Waals surface area contributed by atoms with Crippen LogP contribution in [0.3, 0.4) is 0 Å². The topological polar surface area (TPSA) is 49.4 Å². The highest BCUT2D eigenvalue weighted by molar-refractivity contribution is 8.00. The normalized spacial score (nSPS) is 13.5. The van der Waals surface area contributed by atoms with E-state index in [2.05, 4.69) is 29.6 Å². The van der Waals surface area contributed by atoms with Gasteiger partial charge in [-0.1, -0.05) is 42.5 Å². The molecule has 0 aliphatic carbocycles. The predicted molar refractivity (Wildman–Crippen MR) is 115 cm³/mol.